The van der Waals surface area contributed by atoms with Gasteiger partial charge in [0.25, 0.3) is 0 Å². The molecule has 0 heterocycles. The Morgan fingerprint density at radius 1 is 1.26 bits per heavy atom. The average Bonchev–Trinajstić information content (AvgIpc) is 2.96. The van der Waals surface area contributed by atoms with E-state index in [9.17, 15) is 0 Å². The Morgan fingerprint density at radius 2 is 2.11 bits per heavy atom. The molecule has 0 atom stereocenters. The van der Waals surface area contributed by atoms with E-state index in [2.05, 4.69) is 11.8 Å². The minimum absolute atomic E-state index is 0.578. The molecule has 0 aromatic heterocycles. The van der Waals surface area contributed by atoms with Gasteiger partial charge in [0.2, 0.25) is 0 Å². The van der Waals surface area contributed by atoms with Crippen LogP contribution >= 0.6 is 11.8 Å². The van der Waals surface area contributed by atoms with E-state index in [1.807, 2.05) is 24.3 Å². The van der Waals surface area contributed by atoms with Gasteiger partial charge in [-0.3, -0.25) is 0 Å². The Bertz CT molecular complexity index is 364. The van der Waals surface area contributed by atoms with Gasteiger partial charge >= 0.3 is 0 Å². The van der Waals surface area contributed by atoms with Crippen LogP contribution in [-0.2, 0) is 6.54 Å². The second-order valence-corrected chi connectivity index (χ2v) is 6.43. The summed E-state index contributed by atoms with van der Waals surface area (Å²) in [6.07, 6.45) is 6.94. The molecular weight excluding hydrogens is 254 g/mol. The summed E-state index contributed by atoms with van der Waals surface area (Å²) in [4.78, 5) is 0. The van der Waals surface area contributed by atoms with Crippen molar-refractivity contribution in [3.8, 4) is 5.75 Å². The van der Waals surface area contributed by atoms with Gasteiger partial charge in [-0.25, -0.2) is 0 Å². The van der Waals surface area contributed by atoms with E-state index in [4.69, 9.17) is 10.5 Å². The first-order chi connectivity index (χ1) is 9.38. The molecule has 106 valence electrons. The molecular formula is C16H25NOS. The van der Waals surface area contributed by atoms with Crippen molar-refractivity contribution in [1.29, 1.82) is 0 Å². The summed E-state index contributed by atoms with van der Waals surface area (Å²) in [6, 6.07) is 8.08. The summed E-state index contributed by atoms with van der Waals surface area (Å²) in [5.74, 6) is 4.51. The van der Waals surface area contributed by atoms with Gasteiger partial charge in [-0.2, -0.15) is 11.8 Å². The molecule has 1 aliphatic rings. The van der Waals surface area contributed by atoms with Gasteiger partial charge in [-0.05, 0) is 54.4 Å². The van der Waals surface area contributed by atoms with Crippen LogP contribution in [0.3, 0.4) is 0 Å². The van der Waals surface area contributed by atoms with Crippen LogP contribution in [0.4, 0.5) is 0 Å². The first kappa shape index (κ1) is 14.7. The number of nitrogens with two attached hydrogens (primary N) is 1. The molecule has 0 amide bonds. The lowest BCUT2D eigenvalue weighted by Gasteiger charge is -2.09. The van der Waals surface area contributed by atoms with Gasteiger partial charge in [-0.1, -0.05) is 25.0 Å². The highest BCUT2D eigenvalue weighted by Crippen LogP contribution is 2.27. The molecule has 0 aliphatic heterocycles. The second-order valence-electron chi connectivity index (χ2n) is 5.28. The van der Waals surface area contributed by atoms with Crippen LogP contribution in [0.2, 0.25) is 0 Å². The van der Waals surface area contributed by atoms with Gasteiger partial charge in [0.1, 0.15) is 5.75 Å². The van der Waals surface area contributed by atoms with E-state index in [0.29, 0.717) is 6.54 Å². The van der Waals surface area contributed by atoms with Gasteiger partial charge in [0, 0.05) is 6.54 Å². The number of rotatable bonds is 8. The quantitative estimate of drug-likeness (QED) is 0.734. The van der Waals surface area contributed by atoms with E-state index in [0.717, 1.165) is 30.3 Å². The molecule has 0 bridgehead atoms. The summed E-state index contributed by atoms with van der Waals surface area (Å²) in [7, 11) is 0. The van der Waals surface area contributed by atoms with E-state index < -0.39 is 0 Å². The zero-order valence-corrected chi connectivity index (χ0v) is 12.5. The smallest absolute Gasteiger partial charge is 0.119 e. The number of thioether (sulfide) groups is 1. The normalized spacial score (nSPS) is 15.8. The number of benzene rings is 1. The molecule has 2 rings (SSSR count). The first-order valence-corrected chi connectivity index (χ1v) is 8.53. The Kier molecular flexibility index (Phi) is 6.58. The predicted molar refractivity (Wildman–Crippen MR) is 83.7 cm³/mol. The minimum atomic E-state index is 0.578. The molecule has 0 radical (unpaired) electrons. The van der Waals surface area contributed by atoms with E-state index in [-0.39, 0.29) is 0 Å². The average molecular weight is 279 g/mol. The summed E-state index contributed by atoms with van der Waals surface area (Å²) >= 11 is 2.09. The Hall–Kier alpha value is -0.670. The maximum absolute atomic E-state index is 5.75. The zero-order chi connectivity index (χ0) is 13.3. The van der Waals surface area contributed by atoms with Crippen molar-refractivity contribution in [2.75, 3.05) is 18.1 Å². The second kappa shape index (κ2) is 8.49. The third-order valence-corrected chi connectivity index (χ3v) is 4.95. The lowest BCUT2D eigenvalue weighted by atomic mass is 10.1. The molecule has 1 aromatic carbocycles. The fourth-order valence-corrected chi connectivity index (χ4v) is 3.70. The highest BCUT2D eigenvalue weighted by Gasteiger charge is 2.14. The molecule has 1 aliphatic carbocycles. The van der Waals surface area contributed by atoms with Crippen molar-refractivity contribution < 1.29 is 4.74 Å². The number of hydrogen-bond acceptors (Lipinski definition) is 3. The van der Waals surface area contributed by atoms with E-state index >= 15 is 0 Å². The fraction of sp³-hybridized carbons (Fsp3) is 0.625. The molecule has 1 saturated carbocycles. The molecule has 0 unspecified atom stereocenters. The monoisotopic (exact) mass is 279 g/mol. The lowest BCUT2D eigenvalue weighted by molar-refractivity contribution is 0.318. The van der Waals surface area contributed by atoms with Crippen LogP contribution in [0, 0.1) is 5.92 Å². The summed E-state index contributed by atoms with van der Waals surface area (Å²) in [5, 5.41) is 0. The van der Waals surface area contributed by atoms with Gasteiger partial charge < -0.3 is 10.5 Å². The Labute approximate surface area is 121 Å². The van der Waals surface area contributed by atoms with Crippen molar-refractivity contribution >= 4 is 11.8 Å². The van der Waals surface area contributed by atoms with Crippen molar-refractivity contribution in [1.82, 2.24) is 0 Å². The van der Waals surface area contributed by atoms with E-state index in [1.54, 1.807) is 0 Å². The molecule has 0 saturated heterocycles. The van der Waals surface area contributed by atoms with Crippen LogP contribution in [0.15, 0.2) is 24.3 Å². The van der Waals surface area contributed by atoms with Crippen LogP contribution in [0.25, 0.3) is 0 Å². The van der Waals surface area contributed by atoms with Gasteiger partial charge in [0.05, 0.1) is 6.61 Å². The van der Waals surface area contributed by atoms with Crippen LogP contribution in [0.1, 0.15) is 37.7 Å². The molecule has 2 N–H and O–H groups in total. The summed E-state index contributed by atoms with van der Waals surface area (Å²) in [5.41, 5.74) is 6.75. The van der Waals surface area contributed by atoms with Crippen molar-refractivity contribution in [3.05, 3.63) is 29.8 Å². The maximum atomic E-state index is 5.75. The molecule has 1 fully saturated rings. The zero-order valence-electron chi connectivity index (χ0n) is 11.6. The highest BCUT2D eigenvalue weighted by atomic mass is 32.2. The van der Waals surface area contributed by atoms with Gasteiger partial charge in [-0.15, -0.1) is 0 Å². The third kappa shape index (κ3) is 5.45. The molecule has 2 nitrogen and oxygen atoms in total. The summed E-state index contributed by atoms with van der Waals surface area (Å²) in [6.45, 7) is 1.39. The topological polar surface area (TPSA) is 35.2 Å². The SMILES string of the molecule is NCc1cccc(OCCCSCC2CCCC2)c1. The largest absolute Gasteiger partial charge is 0.494 e. The highest BCUT2D eigenvalue weighted by molar-refractivity contribution is 7.99. The van der Waals surface area contributed by atoms with Crippen LogP contribution in [-0.4, -0.2) is 18.1 Å². The van der Waals surface area contributed by atoms with Crippen LogP contribution < -0.4 is 10.5 Å². The minimum Gasteiger partial charge on any atom is -0.494 e. The van der Waals surface area contributed by atoms with Crippen molar-refractivity contribution in [3.63, 3.8) is 0 Å². The maximum Gasteiger partial charge on any atom is 0.119 e. The Balaban J connectivity index is 1.53. The molecule has 19 heavy (non-hydrogen) atoms. The molecule has 1 aromatic rings. The van der Waals surface area contributed by atoms with Crippen LogP contribution in [0.5, 0.6) is 5.75 Å². The first-order valence-electron chi connectivity index (χ1n) is 7.38. The lowest BCUT2D eigenvalue weighted by Crippen LogP contribution is -2.02. The fourth-order valence-electron chi connectivity index (χ4n) is 2.54. The third-order valence-electron chi connectivity index (χ3n) is 3.66. The standard InChI is InChI=1S/C16H25NOS/c17-12-15-7-3-8-16(11-15)18-9-4-10-19-13-14-5-1-2-6-14/h3,7-8,11,14H,1-2,4-6,9-10,12-13,17H2. The number of ether oxygens (including phenoxy) is 1. The Morgan fingerprint density at radius 3 is 2.89 bits per heavy atom. The molecule has 3 heteroatoms. The number of hydrogen-bond donors (Lipinski definition) is 1. The van der Waals surface area contributed by atoms with Crippen molar-refractivity contribution in [2.24, 2.45) is 11.7 Å². The summed E-state index contributed by atoms with van der Waals surface area (Å²) < 4.78 is 5.75. The van der Waals surface area contributed by atoms with E-state index in [1.165, 1.54) is 37.2 Å². The molecule has 0 spiro atoms. The van der Waals surface area contributed by atoms with Crippen molar-refractivity contribution in [2.45, 2.75) is 38.6 Å². The van der Waals surface area contributed by atoms with Gasteiger partial charge in [0.15, 0.2) is 0 Å². The predicted octanol–water partition coefficient (Wildman–Crippen LogP) is 3.84.